The van der Waals surface area contributed by atoms with E-state index in [9.17, 15) is 18.4 Å². The summed E-state index contributed by atoms with van der Waals surface area (Å²) in [5.41, 5.74) is -0.265. The number of anilines is 1. The Labute approximate surface area is 114 Å². The maximum absolute atomic E-state index is 13.5. The molecule has 108 valence electrons. The Balaban J connectivity index is 2.15. The van der Waals surface area contributed by atoms with Gasteiger partial charge in [-0.3, -0.25) is 9.59 Å². The number of carbonyl (C=O) groups is 2. The number of amides is 1. The number of hydrogen-bond acceptors (Lipinski definition) is 2. The van der Waals surface area contributed by atoms with Gasteiger partial charge < -0.3 is 10.4 Å². The Morgan fingerprint density at radius 1 is 1.25 bits per heavy atom. The highest BCUT2D eigenvalue weighted by Crippen LogP contribution is 2.37. The molecule has 1 fully saturated rings. The molecule has 2 N–H and O–H groups in total. The van der Waals surface area contributed by atoms with Crippen molar-refractivity contribution in [1.82, 2.24) is 0 Å². The highest BCUT2D eigenvalue weighted by Gasteiger charge is 2.41. The minimum absolute atomic E-state index is 0.115. The van der Waals surface area contributed by atoms with Crippen LogP contribution in [0.25, 0.3) is 0 Å². The van der Waals surface area contributed by atoms with E-state index in [-0.39, 0.29) is 11.6 Å². The molecule has 0 radical (unpaired) electrons. The van der Waals surface area contributed by atoms with E-state index in [1.807, 2.05) is 6.92 Å². The summed E-state index contributed by atoms with van der Waals surface area (Å²) in [6.45, 7) is 1.87. The van der Waals surface area contributed by atoms with Crippen molar-refractivity contribution in [3.8, 4) is 0 Å². The van der Waals surface area contributed by atoms with Crippen molar-refractivity contribution in [2.24, 2.45) is 17.8 Å². The molecule has 0 saturated heterocycles. The summed E-state index contributed by atoms with van der Waals surface area (Å²) in [4.78, 5) is 23.2. The van der Waals surface area contributed by atoms with E-state index in [4.69, 9.17) is 5.11 Å². The summed E-state index contributed by atoms with van der Waals surface area (Å²) in [5, 5.41) is 11.4. The Kier molecular flexibility index (Phi) is 4.01. The fraction of sp³-hybridized carbons (Fsp3) is 0.429. The minimum Gasteiger partial charge on any atom is -0.481 e. The summed E-state index contributed by atoms with van der Waals surface area (Å²) < 4.78 is 26.5. The van der Waals surface area contributed by atoms with Gasteiger partial charge in [0.25, 0.3) is 0 Å². The predicted octanol–water partition coefficient (Wildman–Crippen LogP) is 2.65. The predicted molar refractivity (Wildman–Crippen MR) is 68.0 cm³/mol. The Morgan fingerprint density at radius 3 is 2.55 bits per heavy atom. The lowest BCUT2D eigenvalue weighted by molar-refractivity contribution is -0.145. The smallest absolute Gasteiger partial charge is 0.307 e. The largest absolute Gasteiger partial charge is 0.481 e. The maximum Gasteiger partial charge on any atom is 0.307 e. The van der Waals surface area contributed by atoms with Crippen molar-refractivity contribution in [1.29, 1.82) is 0 Å². The number of nitrogens with one attached hydrogen (secondary N) is 1. The first kappa shape index (κ1) is 14.4. The van der Waals surface area contributed by atoms with Gasteiger partial charge in [0, 0.05) is 6.07 Å². The molecule has 2 rings (SSSR count). The number of hydrogen-bond donors (Lipinski definition) is 2. The number of aliphatic carboxylic acids is 1. The maximum atomic E-state index is 13.5. The van der Waals surface area contributed by atoms with E-state index in [1.54, 1.807) is 0 Å². The van der Waals surface area contributed by atoms with Crippen LogP contribution < -0.4 is 5.32 Å². The van der Waals surface area contributed by atoms with Crippen LogP contribution >= 0.6 is 0 Å². The van der Waals surface area contributed by atoms with E-state index >= 15 is 0 Å². The molecule has 0 heterocycles. The van der Waals surface area contributed by atoms with Gasteiger partial charge in [0.1, 0.15) is 11.6 Å². The third-order valence-corrected chi connectivity index (χ3v) is 3.64. The van der Waals surface area contributed by atoms with Crippen molar-refractivity contribution in [2.75, 3.05) is 5.32 Å². The van der Waals surface area contributed by atoms with Crippen LogP contribution in [0.4, 0.5) is 14.5 Å². The topological polar surface area (TPSA) is 66.4 Å². The van der Waals surface area contributed by atoms with Crippen LogP contribution in [0.5, 0.6) is 0 Å². The molecule has 1 aliphatic rings. The fourth-order valence-corrected chi connectivity index (χ4v) is 2.67. The van der Waals surface area contributed by atoms with Crippen LogP contribution in [0.3, 0.4) is 0 Å². The minimum atomic E-state index is -1.03. The fourth-order valence-electron chi connectivity index (χ4n) is 2.67. The number of carbonyl (C=O) groups excluding carboxylic acids is 1. The molecule has 0 aliphatic heterocycles. The zero-order chi connectivity index (χ0) is 14.9. The molecule has 0 aromatic heterocycles. The summed E-state index contributed by atoms with van der Waals surface area (Å²) in [6.07, 6.45) is 0.846. The van der Waals surface area contributed by atoms with E-state index < -0.39 is 35.3 Å². The van der Waals surface area contributed by atoms with Gasteiger partial charge in [-0.15, -0.1) is 0 Å². The lowest BCUT2D eigenvalue weighted by Crippen LogP contribution is -2.30. The van der Waals surface area contributed by atoms with Gasteiger partial charge in [-0.1, -0.05) is 6.92 Å². The molecule has 3 unspecified atom stereocenters. The van der Waals surface area contributed by atoms with Crippen LogP contribution in [0, 0.1) is 29.4 Å². The molecule has 1 aliphatic carbocycles. The van der Waals surface area contributed by atoms with Crippen LogP contribution in [0.1, 0.15) is 19.8 Å². The Morgan fingerprint density at radius 2 is 1.90 bits per heavy atom. The van der Waals surface area contributed by atoms with Gasteiger partial charge in [0.15, 0.2) is 0 Å². The first-order valence-corrected chi connectivity index (χ1v) is 6.37. The van der Waals surface area contributed by atoms with Crippen LogP contribution in [0.2, 0.25) is 0 Å². The summed E-state index contributed by atoms with van der Waals surface area (Å²) in [7, 11) is 0. The number of carboxylic acids is 1. The third-order valence-electron chi connectivity index (χ3n) is 3.64. The van der Waals surface area contributed by atoms with Crippen molar-refractivity contribution < 1.29 is 23.5 Å². The third kappa shape index (κ3) is 2.95. The van der Waals surface area contributed by atoms with Gasteiger partial charge in [0.05, 0.1) is 17.5 Å². The molecule has 0 spiro atoms. The molecular formula is C14H15F2NO3. The number of benzene rings is 1. The summed E-state index contributed by atoms with van der Waals surface area (Å²) in [5.74, 6) is -4.41. The number of carboxylic acid groups (broad SMARTS) is 1. The van der Waals surface area contributed by atoms with Gasteiger partial charge in [0.2, 0.25) is 5.91 Å². The SMILES string of the molecule is CC1CC(C(=O)O)C(C(=O)Nc2cc(F)ccc2F)C1. The number of rotatable bonds is 3. The molecule has 1 aromatic carbocycles. The normalized spacial score (nSPS) is 25.4. The second-order valence-electron chi connectivity index (χ2n) is 5.24. The zero-order valence-electron chi connectivity index (χ0n) is 10.9. The molecule has 6 heteroatoms. The van der Waals surface area contributed by atoms with Gasteiger partial charge in [-0.2, -0.15) is 0 Å². The van der Waals surface area contributed by atoms with Gasteiger partial charge in [-0.05, 0) is 30.9 Å². The molecule has 0 bridgehead atoms. The van der Waals surface area contributed by atoms with Crippen molar-refractivity contribution in [3.63, 3.8) is 0 Å². The second-order valence-corrected chi connectivity index (χ2v) is 5.24. The average Bonchev–Trinajstić information content (AvgIpc) is 2.76. The average molecular weight is 283 g/mol. The van der Waals surface area contributed by atoms with Gasteiger partial charge >= 0.3 is 5.97 Å². The zero-order valence-corrected chi connectivity index (χ0v) is 10.9. The lowest BCUT2D eigenvalue weighted by Gasteiger charge is -2.15. The highest BCUT2D eigenvalue weighted by atomic mass is 19.1. The molecule has 3 atom stereocenters. The summed E-state index contributed by atoms with van der Waals surface area (Å²) >= 11 is 0. The van der Waals surface area contributed by atoms with E-state index in [1.165, 1.54) is 0 Å². The standard InChI is InChI=1S/C14H15F2NO3/c1-7-4-9(10(5-7)14(19)20)13(18)17-12-6-8(15)2-3-11(12)16/h2-3,6-7,9-10H,4-5H2,1H3,(H,17,18)(H,19,20). The molecule has 1 saturated carbocycles. The first-order chi connectivity index (χ1) is 9.38. The lowest BCUT2D eigenvalue weighted by atomic mass is 9.95. The molecular weight excluding hydrogens is 268 g/mol. The molecule has 4 nitrogen and oxygen atoms in total. The van der Waals surface area contributed by atoms with E-state index in [2.05, 4.69) is 5.32 Å². The quantitative estimate of drug-likeness (QED) is 0.896. The Bertz CT molecular complexity index is 547. The molecule has 1 aromatic rings. The molecule has 20 heavy (non-hydrogen) atoms. The van der Waals surface area contributed by atoms with Gasteiger partial charge in [-0.25, -0.2) is 8.78 Å². The molecule has 1 amide bonds. The first-order valence-electron chi connectivity index (χ1n) is 6.37. The van der Waals surface area contributed by atoms with Crippen molar-refractivity contribution in [2.45, 2.75) is 19.8 Å². The highest BCUT2D eigenvalue weighted by molar-refractivity contribution is 5.95. The van der Waals surface area contributed by atoms with Crippen molar-refractivity contribution in [3.05, 3.63) is 29.8 Å². The second kappa shape index (κ2) is 5.56. The van der Waals surface area contributed by atoms with Crippen molar-refractivity contribution >= 4 is 17.6 Å². The Hall–Kier alpha value is -1.98. The van der Waals surface area contributed by atoms with Crippen LogP contribution in [-0.4, -0.2) is 17.0 Å². The van der Waals surface area contributed by atoms with E-state index in [0.717, 1.165) is 18.2 Å². The number of halogens is 2. The summed E-state index contributed by atoms with van der Waals surface area (Å²) in [6, 6.07) is 2.74. The monoisotopic (exact) mass is 283 g/mol. The van der Waals surface area contributed by atoms with Crippen LogP contribution in [0.15, 0.2) is 18.2 Å². The van der Waals surface area contributed by atoms with E-state index in [0.29, 0.717) is 12.8 Å². The van der Waals surface area contributed by atoms with Crippen LogP contribution in [-0.2, 0) is 9.59 Å².